The minimum absolute atomic E-state index is 0.0319. The van der Waals surface area contributed by atoms with Crippen LogP contribution in [0.5, 0.6) is 0 Å². The van der Waals surface area contributed by atoms with E-state index in [0.29, 0.717) is 25.7 Å². The van der Waals surface area contributed by atoms with E-state index < -0.39 is 35.5 Å². The third-order valence-electron chi connectivity index (χ3n) is 9.63. The molecule has 0 radical (unpaired) electrons. The maximum atomic E-state index is 13.1. The van der Waals surface area contributed by atoms with Crippen molar-refractivity contribution in [2.45, 2.75) is 96.7 Å². The van der Waals surface area contributed by atoms with E-state index in [1.807, 2.05) is 19.9 Å². The number of carbonyl (C=O) groups excluding carboxylic acids is 3. The molecule has 4 rings (SSSR count). The molecular formula is C26H38O6. The Hall–Kier alpha value is -1.53. The van der Waals surface area contributed by atoms with E-state index in [4.69, 9.17) is 4.74 Å². The predicted octanol–water partition coefficient (Wildman–Crippen LogP) is 3.52. The van der Waals surface area contributed by atoms with Crippen LogP contribution in [-0.2, 0) is 19.1 Å². The van der Waals surface area contributed by atoms with E-state index in [9.17, 15) is 24.6 Å². The average molecular weight is 447 g/mol. The fourth-order valence-corrected chi connectivity index (χ4v) is 8.05. The van der Waals surface area contributed by atoms with Gasteiger partial charge in [-0.2, -0.15) is 0 Å². The number of rotatable bonds is 6. The molecule has 3 fully saturated rings. The second-order valence-corrected chi connectivity index (χ2v) is 11.1. The Morgan fingerprint density at radius 2 is 1.94 bits per heavy atom. The lowest BCUT2D eigenvalue weighted by Crippen LogP contribution is -2.63. The van der Waals surface area contributed by atoms with Gasteiger partial charge in [-0.25, -0.2) is 0 Å². The molecule has 0 heterocycles. The van der Waals surface area contributed by atoms with Crippen LogP contribution in [-0.4, -0.2) is 46.1 Å². The molecule has 7 atom stereocenters. The summed E-state index contributed by atoms with van der Waals surface area (Å²) in [5.41, 5.74) is -1.12. The van der Waals surface area contributed by atoms with Crippen molar-refractivity contribution >= 4 is 17.5 Å². The lowest BCUT2D eigenvalue weighted by atomic mass is 9.45. The molecular weight excluding hydrogens is 408 g/mol. The number of unbranched alkanes of at least 4 members (excludes halogenated alkanes) is 1. The van der Waals surface area contributed by atoms with Gasteiger partial charge in [-0.15, -0.1) is 0 Å². The van der Waals surface area contributed by atoms with E-state index in [-0.39, 0.29) is 35.4 Å². The highest BCUT2D eigenvalue weighted by Gasteiger charge is 2.70. The van der Waals surface area contributed by atoms with E-state index in [0.717, 1.165) is 32.1 Å². The number of fused-ring (bicyclic) bond motifs is 5. The molecule has 0 spiro atoms. The minimum Gasteiger partial charge on any atom is -0.450 e. The summed E-state index contributed by atoms with van der Waals surface area (Å²) in [7, 11) is 0. The van der Waals surface area contributed by atoms with Gasteiger partial charge in [0.05, 0.1) is 6.10 Å². The summed E-state index contributed by atoms with van der Waals surface area (Å²) < 4.78 is 5.98. The molecule has 2 N–H and O–H groups in total. The quantitative estimate of drug-likeness (QED) is 0.606. The van der Waals surface area contributed by atoms with Gasteiger partial charge in [0.1, 0.15) is 6.61 Å². The summed E-state index contributed by atoms with van der Waals surface area (Å²) in [5.74, 6) is -0.297. The largest absolute Gasteiger partial charge is 0.450 e. The molecule has 4 aliphatic rings. The van der Waals surface area contributed by atoms with E-state index in [1.165, 1.54) is 5.57 Å². The minimum atomic E-state index is -1.37. The average Bonchev–Trinajstić information content (AvgIpc) is 3.04. The number of hydrogen-bond donors (Lipinski definition) is 2. The number of esters is 1. The zero-order chi connectivity index (χ0) is 23.3. The van der Waals surface area contributed by atoms with Gasteiger partial charge in [-0.3, -0.25) is 14.4 Å². The molecule has 6 heteroatoms. The summed E-state index contributed by atoms with van der Waals surface area (Å²) in [6.07, 6.45) is 7.44. The van der Waals surface area contributed by atoms with Gasteiger partial charge in [-0.05, 0) is 74.2 Å². The SMILES string of the molecule is CCCCC(=O)O[C@@]1(C(=O)CO)CC[C@@H]2[C@H]3CCC4=CC(=O)CC[C@]4(C)[C@@H]3[C@H](O)C[C@@]21C. The molecule has 0 unspecified atom stereocenters. The maximum Gasteiger partial charge on any atom is 0.306 e. The van der Waals surface area contributed by atoms with Crippen molar-refractivity contribution in [1.29, 1.82) is 0 Å². The standard InChI is InChI=1S/C26H38O6/c1-4-5-6-22(31)32-26(21(30)15-27)12-10-19-18-8-7-16-13-17(28)9-11-24(16,2)23(18)20(29)14-25(19,26)3/h13,18-20,23,27,29H,4-12,14-15H2,1-3H3/t18-,19-,20-,23+,24+,25+,26-/m1/s1. The van der Waals surface area contributed by atoms with Crippen molar-refractivity contribution in [3.8, 4) is 0 Å². The first-order valence-electron chi connectivity index (χ1n) is 12.4. The summed E-state index contributed by atoms with van der Waals surface area (Å²) in [6.45, 7) is 5.51. The van der Waals surface area contributed by atoms with Gasteiger partial charge in [0, 0.05) is 18.3 Å². The van der Waals surface area contributed by atoms with Crippen LogP contribution in [0.4, 0.5) is 0 Å². The number of ether oxygens (including phenoxy) is 1. The fraction of sp³-hybridized carbons (Fsp3) is 0.808. The summed E-state index contributed by atoms with van der Waals surface area (Å²) >= 11 is 0. The highest BCUT2D eigenvalue weighted by Crippen LogP contribution is 2.68. The molecule has 0 saturated heterocycles. The van der Waals surface area contributed by atoms with Crippen LogP contribution in [0, 0.1) is 28.6 Å². The fourth-order valence-electron chi connectivity index (χ4n) is 8.05. The van der Waals surface area contributed by atoms with Gasteiger partial charge in [0.25, 0.3) is 0 Å². The van der Waals surface area contributed by atoms with Crippen molar-refractivity contribution in [3.05, 3.63) is 11.6 Å². The molecule has 0 aliphatic heterocycles. The molecule has 0 amide bonds. The van der Waals surface area contributed by atoms with Crippen LogP contribution in [0.25, 0.3) is 0 Å². The molecule has 0 aromatic heterocycles. The van der Waals surface area contributed by atoms with Gasteiger partial charge < -0.3 is 14.9 Å². The highest BCUT2D eigenvalue weighted by atomic mass is 16.6. The van der Waals surface area contributed by atoms with Crippen molar-refractivity contribution < 1.29 is 29.3 Å². The zero-order valence-electron chi connectivity index (χ0n) is 19.7. The Morgan fingerprint density at radius 3 is 2.62 bits per heavy atom. The van der Waals surface area contributed by atoms with Crippen molar-refractivity contribution in [3.63, 3.8) is 0 Å². The topological polar surface area (TPSA) is 101 Å². The lowest BCUT2D eigenvalue weighted by Gasteiger charge is -2.60. The van der Waals surface area contributed by atoms with Crippen molar-refractivity contribution in [2.24, 2.45) is 28.6 Å². The Labute approximate surface area is 190 Å². The maximum absolute atomic E-state index is 13.1. The van der Waals surface area contributed by atoms with Crippen LogP contribution in [0.15, 0.2) is 11.6 Å². The first-order chi connectivity index (χ1) is 15.1. The van der Waals surface area contributed by atoms with Crippen molar-refractivity contribution in [1.82, 2.24) is 0 Å². The summed E-state index contributed by atoms with van der Waals surface area (Å²) in [5, 5.41) is 21.4. The lowest BCUT2D eigenvalue weighted by molar-refractivity contribution is -0.202. The smallest absolute Gasteiger partial charge is 0.306 e. The number of hydrogen-bond acceptors (Lipinski definition) is 6. The molecule has 0 aromatic carbocycles. The molecule has 6 nitrogen and oxygen atoms in total. The normalized spacial score (nSPS) is 43.0. The van der Waals surface area contributed by atoms with Gasteiger partial charge in [-0.1, -0.05) is 32.8 Å². The van der Waals surface area contributed by atoms with Crippen LogP contribution < -0.4 is 0 Å². The Kier molecular flexibility index (Phi) is 6.17. The van der Waals surface area contributed by atoms with Gasteiger partial charge in [0.2, 0.25) is 5.78 Å². The van der Waals surface area contributed by atoms with E-state index in [2.05, 4.69) is 6.92 Å². The van der Waals surface area contributed by atoms with Crippen LogP contribution in [0.1, 0.15) is 85.0 Å². The molecule has 0 aromatic rings. The Morgan fingerprint density at radius 1 is 1.19 bits per heavy atom. The van der Waals surface area contributed by atoms with E-state index in [1.54, 1.807) is 0 Å². The third kappa shape index (κ3) is 3.32. The number of aliphatic hydroxyl groups is 2. The third-order valence-corrected chi connectivity index (χ3v) is 9.63. The highest BCUT2D eigenvalue weighted by molar-refractivity contribution is 5.92. The molecule has 3 saturated carbocycles. The van der Waals surface area contributed by atoms with Crippen LogP contribution in [0.2, 0.25) is 0 Å². The molecule has 178 valence electrons. The first-order valence-corrected chi connectivity index (χ1v) is 12.4. The second kappa shape index (κ2) is 8.35. The van der Waals surface area contributed by atoms with E-state index >= 15 is 0 Å². The molecule has 0 bridgehead atoms. The van der Waals surface area contributed by atoms with Crippen LogP contribution >= 0.6 is 0 Å². The number of allylic oxidation sites excluding steroid dienone is 1. The zero-order valence-corrected chi connectivity index (χ0v) is 19.7. The summed E-state index contributed by atoms with van der Waals surface area (Å²) in [4.78, 5) is 37.9. The Balaban J connectivity index is 1.70. The monoisotopic (exact) mass is 446 g/mol. The Bertz CT molecular complexity index is 832. The summed E-state index contributed by atoms with van der Waals surface area (Å²) in [6, 6.07) is 0. The first kappa shape index (κ1) is 23.6. The van der Waals surface area contributed by atoms with Gasteiger partial charge >= 0.3 is 5.97 Å². The van der Waals surface area contributed by atoms with Gasteiger partial charge in [0.15, 0.2) is 11.4 Å². The molecule has 4 aliphatic carbocycles. The predicted molar refractivity (Wildman–Crippen MR) is 119 cm³/mol. The number of ketones is 2. The molecule has 32 heavy (non-hydrogen) atoms. The number of Topliss-reactive ketones (excluding diaryl/α,β-unsaturated/α-hetero) is 1. The second-order valence-electron chi connectivity index (χ2n) is 11.1. The van der Waals surface area contributed by atoms with Crippen molar-refractivity contribution in [2.75, 3.05) is 6.61 Å². The number of carbonyl (C=O) groups is 3. The van der Waals surface area contributed by atoms with Crippen LogP contribution in [0.3, 0.4) is 0 Å². The number of aliphatic hydroxyl groups excluding tert-OH is 2.